The highest BCUT2D eigenvalue weighted by Crippen LogP contribution is 2.16. The Morgan fingerprint density at radius 3 is 2.85 bits per heavy atom. The highest BCUT2D eigenvalue weighted by atomic mass is 16.3. The molecule has 0 unspecified atom stereocenters. The standard InChI is InChI=1S/C20H18N4O2/c1-14-5-2-3-6-16(14)13-24-19-9-8-15(11-18(19)22-23-24)20(25)21-12-17-7-4-10-26-17/h2-11H,12-13H2,1H3,(H,21,25). The molecule has 0 fully saturated rings. The van der Waals surface area contributed by atoms with E-state index in [2.05, 4.69) is 34.7 Å². The average Bonchev–Trinajstić information content (AvgIpc) is 3.31. The van der Waals surface area contributed by atoms with E-state index in [4.69, 9.17) is 4.42 Å². The molecule has 1 N–H and O–H groups in total. The first-order chi connectivity index (χ1) is 12.7. The van der Waals surface area contributed by atoms with E-state index in [1.54, 1.807) is 24.5 Å². The Kier molecular flexibility index (Phi) is 4.23. The number of aryl methyl sites for hydroxylation is 1. The van der Waals surface area contributed by atoms with Gasteiger partial charge in [0.05, 0.1) is 24.9 Å². The van der Waals surface area contributed by atoms with Crippen molar-refractivity contribution in [2.24, 2.45) is 0 Å². The monoisotopic (exact) mass is 346 g/mol. The lowest BCUT2D eigenvalue weighted by molar-refractivity contribution is 0.0948. The predicted molar refractivity (Wildman–Crippen MR) is 97.7 cm³/mol. The molecule has 0 aliphatic rings. The van der Waals surface area contributed by atoms with Crippen molar-refractivity contribution < 1.29 is 9.21 Å². The molecule has 6 nitrogen and oxygen atoms in total. The van der Waals surface area contributed by atoms with Crippen LogP contribution < -0.4 is 5.32 Å². The summed E-state index contributed by atoms with van der Waals surface area (Å²) in [5.74, 6) is 0.542. The van der Waals surface area contributed by atoms with Gasteiger partial charge in [-0.3, -0.25) is 4.79 Å². The van der Waals surface area contributed by atoms with Crippen LogP contribution in [0, 0.1) is 6.92 Å². The third-order valence-corrected chi connectivity index (χ3v) is 4.36. The first-order valence-electron chi connectivity index (χ1n) is 8.39. The van der Waals surface area contributed by atoms with Crippen molar-refractivity contribution in [3.8, 4) is 0 Å². The summed E-state index contributed by atoms with van der Waals surface area (Å²) in [6.45, 7) is 3.08. The molecule has 2 aromatic carbocycles. The lowest BCUT2D eigenvalue weighted by atomic mass is 10.1. The fourth-order valence-corrected chi connectivity index (χ4v) is 2.86. The van der Waals surface area contributed by atoms with Crippen LogP contribution in [0.4, 0.5) is 0 Å². The van der Waals surface area contributed by atoms with Gasteiger partial charge in [-0.2, -0.15) is 0 Å². The minimum atomic E-state index is -0.170. The van der Waals surface area contributed by atoms with Gasteiger partial charge in [0.25, 0.3) is 5.91 Å². The number of amides is 1. The molecule has 130 valence electrons. The first kappa shape index (κ1) is 16.1. The zero-order valence-electron chi connectivity index (χ0n) is 14.3. The summed E-state index contributed by atoms with van der Waals surface area (Å²) in [7, 11) is 0. The largest absolute Gasteiger partial charge is 0.467 e. The summed E-state index contributed by atoms with van der Waals surface area (Å²) in [6, 6.07) is 17.2. The smallest absolute Gasteiger partial charge is 0.251 e. The second-order valence-electron chi connectivity index (χ2n) is 6.14. The Labute approximate surface area is 150 Å². The Balaban J connectivity index is 1.53. The number of rotatable bonds is 5. The van der Waals surface area contributed by atoms with Crippen molar-refractivity contribution in [1.29, 1.82) is 0 Å². The first-order valence-corrected chi connectivity index (χ1v) is 8.39. The Morgan fingerprint density at radius 2 is 2.04 bits per heavy atom. The van der Waals surface area contributed by atoms with Crippen LogP contribution in [0.25, 0.3) is 11.0 Å². The number of nitrogens with zero attached hydrogens (tertiary/aromatic N) is 3. The van der Waals surface area contributed by atoms with Crippen LogP contribution in [0.3, 0.4) is 0 Å². The van der Waals surface area contributed by atoms with E-state index in [-0.39, 0.29) is 5.91 Å². The molecule has 6 heteroatoms. The maximum atomic E-state index is 12.3. The van der Waals surface area contributed by atoms with Gasteiger partial charge >= 0.3 is 0 Å². The van der Waals surface area contributed by atoms with Gasteiger partial charge in [-0.15, -0.1) is 5.10 Å². The number of carbonyl (C=O) groups excluding carboxylic acids is 1. The van der Waals surface area contributed by atoms with Crippen molar-refractivity contribution in [2.45, 2.75) is 20.0 Å². The van der Waals surface area contributed by atoms with Crippen molar-refractivity contribution >= 4 is 16.9 Å². The number of aromatic nitrogens is 3. The van der Waals surface area contributed by atoms with Crippen molar-refractivity contribution in [3.05, 3.63) is 83.3 Å². The van der Waals surface area contributed by atoms with Crippen LogP contribution in [-0.4, -0.2) is 20.9 Å². The van der Waals surface area contributed by atoms with E-state index < -0.39 is 0 Å². The van der Waals surface area contributed by atoms with Crippen LogP contribution >= 0.6 is 0 Å². The van der Waals surface area contributed by atoms with E-state index >= 15 is 0 Å². The second kappa shape index (κ2) is 6.84. The molecule has 26 heavy (non-hydrogen) atoms. The molecule has 0 aliphatic heterocycles. The molecule has 4 rings (SSSR count). The van der Waals surface area contributed by atoms with Gasteiger partial charge in [-0.05, 0) is 48.4 Å². The molecular formula is C20H18N4O2. The summed E-state index contributed by atoms with van der Waals surface area (Å²) >= 11 is 0. The van der Waals surface area contributed by atoms with E-state index in [1.807, 2.05) is 28.9 Å². The molecule has 0 saturated carbocycles. The number of hydrogen-bond acceptors (Lipinski definition) is 4. The van der Waals surface area contributed by atoms with Gasteiger partial charge in [-0.25, -0.2) is 4.68 Å². The highest BCUT2D eigenvalue weighted by Gasteiger charge is 2.11. The molecule has 0 radical (unpaired) electrons. The second-order valence-corrected chi connectivity index (χ2v) is 6.14. The van der Waals surface area contributed by atoms with E-state index in [0.717, 1.165) is 5.52 Å². The number of benzene rings is 2. The summed E-state index contributed by atoms with van der Waals surface area (Å²) in [6.07, 6.45) is 1.58. The Hall–Kier alpha value is -3.41. The van der Waals surface area contributed by atoms with Crippen molar-refractivity contribution in [3.63, 3.8) is 0 Å². The molecule has 0 spiro atoms. The van der Waals surface area contributed by atoms with Gasteiger partial charge in [0.15, 0.2) is 0 Å². The van der Waals surface area contributed by atoms with Gasteiger partial charge in [0.2, 0.25) is 0 Å². The third-order valence-electron chi connectivity index (χ3n) is 4.36. The molecule has 1 amide bonds. The minimum Gasteiger partial charge on any atom is -0.467 e. The topological polar surface area (TPSA) is 73.0 Å². The van der Waals surface area contributed by atoms with Gasteiger partial charge in [0, 0.05) is 5.56 Å². The SMILES string of the molecule is Cc1ccccc1Cn1nnc2cc(C(=O)NCc3ccco3)ccc21. The number of fused-ring (bicyclic) bond motifs is 1. The highest BCUT2D eigenvalue weighted by molar-refractivity contribution is 5.97. The molecular weight excluding hydrogens is 328 g/mol. The quantitative estimate of drug-likeness (QED) is 0.602. The molecule has 2 aromatic heterocycles. The van der Waals surface area contributed by atoms with Gasteiger partial charge in [0.1, 0.15) is 11.3 Å². The normalized spacial score (nSPS) is 11.0. The van der Waals surface area contributed by atoms with E-state index in [0.29, 0.717) is 29.9 Å². The fourth-order valence-electron chi connectivity index (χ4n) is 2.86. The number of nitrogens with one attached hydrogen (secondary N) is 1. The molecule has 0 bridgehead atoms. The average molecular weight is 346 g/mol. The maximum Gasteiger partial charge on any atom is 0.251 e. The summed E-state index contributed by atoms with van der Waals surface area (Å²) in [4.78, 5) is 12.3. The minimum absolute atomic E-state index is 0.170. The van der Waals surface area contributed by atoms with Crippen LogP contribution in [-0.2, 0) is 13.1 Å². The van der Waals surface area contributed by atoms with Crippen LogP contribution in [0.15, 0.2) is 65.3 Å². The molecule has 0 aliphatic carbocycles. The van der Waals surface area contributed by atoms with Gasteiger partial charge in [-0.1, -0.05) is 29.5 Å². The summed E-state index contributed by atoms with van der Waals surface area (Å²) in [5, 5.41) is 11.3. The zero-order chi connectivity index (χ0) is 17.9. The van der Waals surface area contributed by atoms with Gasteiger partial charge < -0.3 is 9.73 Å². The van der Waals surface area contributed by atoms with Crippen molar-refractivity contribution in [1.82, 2.24) is 20.3 Å². The Bertz CT molecular complexity index is 1050. The van der Waals surface area contributed by atoms with Crippen LogP contribution in [0.2, 0.25) is 0 Å². The van der Waals surface area contributed by atoms with E-state index in [1.165, 1.54) is 11.1 Å². The lowest BCUT2D eigenvalue weighted by Gasteiger charge is -2.06. The molecule has 0 saturated heterocycles. The lowest BCUT2D eigenvalue weighted by Crippen LogP contribution is -2.22. The zero-order valence-corrected chi connectivity index (χ0v) is 14.3. The number of furan rings is 1. The predicted octanol–water partition coefficient (Wildman–Crippen LogP) is 3.31. The van der Waals surface area contributed by atoms with Crippen LogP contribution in [0.1, 0.15) is 27.2 Å². The molecule has 4 aromatic rings. The molecule has 0 atom stereocenters. The maximum absolute atomic E-state index is 12.3. The Morgan fingerprint density at radius 1 is 1.15 bits per heavy atom. The summed E-state index contributed by atoms with van der Waals surface area (Å²) in [5.41, 5.74) is 4.55. The number of hydrogen-bond donors (Lipinski definition) is 1. The van der Waals surface area contributed by atoms with E-state index in [9.17, 15) is 4.79 Å². The fraction of sp³-hybridized carbons (Fsp3) is 0.150. The molecule has 2 heterocycles. The summed E-state index contributed by atoms with van der Waals surface area (Å²) < 4.78 is 7.07. The third kappa shape index (κ3) is 3.21. The van der Waals surface area contributed by atoms with Crippen LogP contribution in [0.5, 0.6) is 0 Å². The van der Waals surface area contributed by atoms with Crippen molar-refractivity contribution in [2.75, 3.05) is 0 Å². The number of carbonyl (C=O) groups is 1.